The molecular weight excluding hydrogens is 386 g/mol. The summed E-state index contributed by atoms with van der Waals surface area (Å²) in [5, 5.41) is 20.8. The molecule has 1 aliphatic rings. The smallest absolute Gasteiger partial charge is 0.296 e. The van der Waals surface area contributed by atoms with E-state index in [0.717, 1.165) is 23.7 Å². The van der Waals surface area contributed by atoms with Crippen molar-refractivity contribution in [1.29, 1.82) is 0 Å². The average Bonchev–Trinajstić information content (AvgIpc) is 3.38. The quantitative estimate of drug-likeness (QED) is 0.639. The molecule has 9 nitrogen and oxygen atoms in total. The Hall–Kier alpha value is -2.79. The first kappa shape index (κ1) is 17.6. The van der Waals surface area contributed by atoms with Crippen LogP contribution in [0, 0.1) is 0 Å². The molecule has 0 spiro atoms. The van der Waals surface area contributed by atoms with Gasteiger partial charge >= 0.3 is 0 Å². The fourth-order valence-electron chi connectivity index (χ4n) is 2.75. The lowest BCUT2D eigenvalue weighted by atomic mass is 10.1. The number of aromatic nitrogens is 4. The number of anilines is 3. The van der Waals surface area contributed by atoms with Gasteiger partial charge in [-0.15, -0.1) is 15.3 Å². The van der Waals surface area contributed by atoms with Crippen LogP contribution in [-0.2, 0) is 11.2 Å². The number of rotatable bonds is 6. The van der Waals surface area contributed by atoms with Crippen molar-refractivity contribution in [3.8, 4) is 5.19 Å². The minimum absolute atomic E-state index is 0.0176. The molecule has 1 fully saturated rings. The van der Waals surface area contributed by atoms with Gasteiger partial charge in [-0.1, -0.05) is 46.8 Å². The second-order valence-corrected chi connectivity index (χ2v) is 7.91. The molecule has 2 aromatic heterocycles. The number of carbonyl (C=O) groups excluding carboxylic acids is 1. The molecule has 1 aromatic carbocycles. The molecule has 3 N–H and O–H groups in total. The van der Waals surface area contributed by atoms with E-state index in [-0.39, 0.29) is 12.0 Å². The van der Waals surface area contributed by atoms with E-state index in [9.17, 15) is 4.79 Å². The molecule has 1 aliphatic heterocycles. The summed E-state index contributed by atoms with van der Waals surface area (Å²) in [6.07, 6.45) is 1.12. The molecule has 3 aromatic rings. The molecule has 3 heterocycles. The van der Waals surface area contributed by atoms with E-state index in [1.807, 2.05) is 30.3 Å². The lowest BCUT2D eigenvalue weighted by Gasteiger charge is -2.13. The zero-order valence-electron chi connectivity index (χ0n) is 14.2. The van der Waals surface area contributed by atoms with Gasteiger partial charge in [0.15, 0.2) is 0 Å². The van der Waals surface area contributed by atoms with Crippen LogP contribution in [-0.4, -0.2) is 45.5 Å². The molecule has 0 radical (unpaired) electrons. The third-order valence-corrected chi connectivity index (χ3v) is 5.52. The van der Waals surface area contributed by atoms with Crippen LogP contribution in [0.2, 0.25) is 0 Å². The molecule has 27 heavy (non-hydrogen) atoms. The molecule has 0 bridgehead atoms. The van der Waals surface area contributed by atoms with Crippen LogP contribution in [0.15, 0.2) is 30.3 Å². The molecule has 11 heteroatoms. The maximum Gasteiger partial charge on any atom is 0.296 e. The largest absolute Gasteiger partial charge is 0.464 e. The third kappa shape index (κ3) is 4.49. The number of hydrogen-bond donors (Lipinski definition) is 2. The third-order valence-electron chi connectivity index (χ3n) is 3.97. The van der Waals surface area contributed by atoms with Gasteiger partial charge in [-0.05, 0) is 16.9 Å². The molecule has 1 saturated heterocycles. The normalized spacial score (nSPS) is 16.4. The number of amides is 1. The Bertz CT molecular complexity index is 914. The number of nitrogen functional groups attached to an aromatic ring is 1. The molecule has 0 saturated carbocycles. The zero-order chi connectivity index (χ0) is 18.6. The zero-order valence-corrected chi connectivity index (χ0v) is 15.9. The Labute approximate surface area is 163 Å². The summed E-state index contributed by atoms with van der Waals surface area (Å²) in [7, 11) is 0. The van der Waals surface area contributed by atoms with Gasteiger partial charge in [-0.25, -0.2) is 0 Å². The highest BCUT2D eigenvalue weighted by molar-refractivity contribution is 7.18. The summed E-state index contributed by atoms with van der Waals surface area (Å²) >= 11 is 2.58. The van der Waals surface area contributed by atoms with Gasteiger partial charge in [-0.3, -0.25) is 4.79 Å². The van der Waals surface area contributed by atoms with Crippen LogP contribution in [0.1, 0.15) is 12.0 Å². The molecular formula is C16H17N7O2S2. The summed E-state index contributed by atoms with van der Waals surface area (Å²) in [5.41, 5.74) is 6.58. The number of nitrogens with one attached hydrogen (secondary N) is 1. The Kier molecular flexibility index (Phi) is 5.12. The molecule has 0 aliphatic carbocycles. The van der Waals surface area contributed by atoms with Gasteiger partial charge < -0.3 is 20.7 Å². The predicted molar refractivity (Wildman–Crippen MR) is 104 cm³/mol. The van der Waals surface area contributed by atoms with Crippen molar-refractivity contribution in [1.82, 2.24) is 20.4 Å². The van der Waals surface area contributed by atoms with Gasteiger partial charge in [0.25, 0.3) is 5.19 Å². The second-order valence-electron chi connectivity index (χ2n) is 5.98. The second kappa shape index (κ2) is 7.84. The van der Waals surface area contributed by atoms with Crippen LogP contribution >= 0.6 is 22.7 Å². The molecule has 4 rings (SSSR count). The first-order valence-corrected chi connectivity index (χ1v) is 9.97. The van der Waals surface area contributed by atoms with E-state index >= 15 is 0 Å². The Balaban J connectivity index is 1.29. The van der Waals surface area contributed by atoms with Crippen molar-refractivity contribution in [2.75, 3.05) is 29.0 Å². The lowest BCUT2D eigenvalue weighted by molar-refractivity contribution is -0.115. The number of benzene rings is 1. The summed E-state index contributed by atoms with van der Waals surface area (Å²) in [5.74, 6) is -0.134. The van der Waals surface area contributed by atoms with Crippen molar-refractivity contribution in [3.05, 3.63) is 35.9 Å². The maximum atomic E-state index is 12.1. The minimum atomic E-state index is -0.134. The van der Waals surface area contributed by atoms with E-state index in [0.29, 0.717) is 28.4 Å². The standard InChI is InChI=1S/C16H17N7O2S2/c17-13-19-21-15(26-13)23-7-6-11(9-23)25-16-22-20-14(27-16)18-12(24)8-10-4-2-1-3-5-10/h1-5,11H,6-9H2,(H2,17,19)(H,18,20,24)/t11-/m0/s1. The van der Waals surface area contributed by atoms with E-state index in [1.54, 1.807) is 0 Å². The van der Waals surface area contributed by atoms with Gasteiger partial charge in [0.2, 0.25) is 21.3 Å². The van der Waals surface area contributed by atoms with Crippen LogP contribution < -0.4 is 20.7 Å². The Morgan fingerprint density at radius 1 is 1.22 bits per heavy atom. The van der Waals surface area contributed by atoms with Gasteiger partial charge in [0, 0.05) is 13.0 Å². The summed E-state index contributed by atoms with van der Waals surface area (Å²) < 4.78 is 5.89. The fourth-order valence-corrected chi connectivity index (χ4v) is 4.07. The van der Waals surface area contributed by atoms with Crippen molar-refractivity contribution in [2.24, 2.45) is 0 Å². The predicted octanol–water partition coefficient (Wildman–Crippen LogP) is 1.81. The number of nitrogens with zero attached hydrogens (tertiary/aromatic N) is 5. The molecule has 1 amide bonds. The van der Waals surface area contributed by atoms with Crippen LogP contribution in [0.5, 0.6) is 5.19 Å². The van der Waals surface area contributed by atoms with E-state index in [4.69, 9.17) is 10.5 Å². The van der Waals surface area contributed by atoms with E-state index < -0.39 is 0 Å². The highest BCUT2D eigenvalue weighted by Crippen LogP contribution is 2.29. The van der Waals surface area contributed by atoms with Crippen LogP contribution in [0.4, 0.5) is 15.4 Å². The van der Waals surface area contributed by atoms with Gasteiger partial charge in [0.05, 0.1) is 13.0 Å². The van der Waals surface area contributed by atoms with Gasteiger partial charge in [-0.2, -0.15) is 0 Å². The summed E-state index contributed by atoms with van der Waals surface area (Å²) in [4.78, 5) is 14.2. The monoisotopic (exact) mass is 403 g/mol. The van der Waals surface area contributed by atoms with Crippen LogP contribution in [0.3, 0.4) is 0 Å². The highest BCUT2D eigenvalue weighted by Gasteiger charge is 2.27. The molecule has 0 unspecified atom stereocenters. The topological polar surface area (TPSA) is 119 Å². The molecule has 140 valence electrons. The Morgan fingerprint density at radius 2 is 2.07 bits per heavy atom. The molecule has 1 atom stereocenters. The van der Waals surface area contributed by atoms with E-state index in [1.165, 1.54) is 22.7 Å². The van der Waals surface area contributed by atoms with Crippen LogP contribution in [0.25, 0.3) is 0 Å². The van der Waals surface area contributed by atoms with Crippen molar-refractivity contribution < 1.29 is 9.53 Å². The number of carbonyl (C=O) groups is 1. The van der Waals surface area contributed by atoms with E-state index in [2.05, 4.69) is 30.6 Å². The first-order valence-electron chi connectivity index (χ1n) is 8.33. The summed E-state index contributed by atoms with van der Waals surface area (Å²) in [6, 6.07) is 9.54. The maximum absolute atomic E-state index is 12.1. The minimum Gasteiger partial charge on any atom is -0.464 e. The fraction of sp³-hybridized carbons (Fsp3) is 0.312. The van der Waals surface area contributed by atoms with Crippen molar-refractivity contribution in [3.63, 3.8) is 0 Å². The van der Waals surface area contributed by atoms with Gasteiger partial charge in [0.1, 0.15) is 6.10 Å². The first-order chi connectivity index (χ1) is 13.2. The number of ether oxygens (including phenoxy) is 1. The summed E-state index contributed by atoms with van der Waals surface area (Å²) in [6.45, 7) is 1.50. The average molecular weight is 403 g/mol. The number of nitrogens with two attached hydrogens (primary N) is 1. The Morgan fingerprint density at radius 3 is 2.85 bits per heavy atom. The SMILES string of the molecule is Nc1nnc(N2CC[C@H](Oc3nnc(NC(=O)Cc4ccccc4)s3)C2)s1. The number of hydrogen-bond acceptors (Lipinski definition) is 10. The van der Waals surface area contributed by atoms with Crippen molar-refractivity contribution in [2.45, 2.75) is 18.9 Å². The highest BCUT2D eigenvalue weighted by atomic mass is 32.1. The lowest BCUT2D eigenvalue weighted by Crippen LogP contribution is -2.24. The van der Waals surface area contributed by atoms with Crippen molar-refractivity contribution >= 4 is 44.0 Å².